The molecule has 2 aromatic carbocycles. The normalized spacial score (nSPS) is 15.0. The van der Waals surface area contributed by atoms with Gasteiger partial charge in [0.15, 0.2) is 11.5 Å². The second-order valence-corrected chi connectivity index (χ2v) is 9.74. The molecule has 7 nitrogen and oxygen atoms in total. The zero-order chi connectivity index (χ0) is 22.4. The highest BCUT2D eigenvalue weighted by Crippen LogP contribution is 2.31. The highest BCUT2D eigenvalue weighted by Gasteiger charge is 2.34. The molecular formula is C22H27ClN2O5S. The van der Waals surface area contributed by atoms with E-state index in [9.17, 15) is 13.2 Å². The van der Waals surface area contributed by atoms with Gasteiger partial charge >= 0.3 is 0 Å². The second-order valence-electron chi connectivity index (χ2n) is 7.41. The van der Waals surface area contributed by atoms with Crippen LogP contribution in [-0.4, -0.2) is 45.4 Å². The van der Waals surface area contributed by atoms with Gasteiger partial charge in [-0.05, 0) is 49.2 Å². The first-order chi connectivity index (χ1) is 14.8. The van der Waals surface area contributed by atoms with E-state index in [1.165, 1.54) is 42.8 Å². The first-order valence-corrected chi connectivity index (χ1v) is 12.0. The Morgan fingerprint density at radius 1 is 1.03 bits per heavy atom. The lowest BCUT2D eigenvalue weighted by atomic mass is 9.95. The lowest BCUT2D eigenvalue weighted by Crippen LogP contribution is -2.45. The standard InChI is InChI=1S/C22H27ClN2O5S/c1-29-20-13-10-17(14-21(20)30-2)24-22(26)15-25(18-6-4-3-5-7-18)31(27,28)19-11-8-16(23)9-12-19/h8-14,18H,3-7,15H2,1-2H3,(H,24,26). The Morgan fingerprint density at radius 2 is 1.68 bits per heavy atom. The van der Waals surface area contributed by atoms with E-state index in [1.807, 2.05) is 0 Å². The number of anilines is 1. The van der Waals surface area contributed by atoms with E-state index in [-0.39, 0.29) is 17.5 Å². The third-order valence-electron chi connectivity index (χ3n) is 5.37. The number of benzene rings is 2. The molecule has 0 aromatic heterocycles. The third-order valence-corrected chi connectivity index (χ3v) is 7.53. The first kappa shape index (κ1) is 23.4. The smallest absolute Gasteiger partial charge is 0.243 e. The Morgan fingerprint density at radius 3 is 2.29 bits per heavy atom. The van der Waals surface area contributed by atoms with E-state index in [2.05, 4.69) is 5.32 Å². The summed E-state index contributed by atoms with van der Waals surface area (Å²) in [5.41, 5.74) is 0.495. The molecule has 3 rings (SSSR count). The van der Waals surface area contributed by atoms with Crippen molar-refractivity contribution in [2.75, 3.05) is 26.1 Å². The fourth-order valence-electron chi connectivity index (χ4n) is 3.78. The molecule has 1 amide bonds. The van der Waals surface area contributed by atoms with Crippen LogP contribution in [0.4, 0.5) is 5.69 Å². The van der Waals surface area contributed by atoms with Crippen molar-refractivity contribution in [2.24, 2.45) is 0 Å². The van der Waals surface area contributed by atoms with Crippen LogP contribution in [0.2, 0.25) is 5.02 Å². The topological polar surface area (TPSA) is 84.9 Å². The number of hydrogen-bond donors (Lipinski definition) is 1. The number of nitrogens with zero attached hydrogens (tertiary/aromatic N) is 1. The number of sulfonamides is 1. The Kier molecular flexibility index (Phi) is 7.80. The average molecular weight is 467 g/mol. The van der Waals surface area contributed by atoms with Crippen molar-refractivity contribution in [3.63, 3.8) is 0 Å². The summed E-state index contributed by atoms with van der Waals surface area (Å²) in [4.78, 5) is 13.0. The molecular weight excluding hydrogens is 440 g/mol. The van der Waals surface area contributed by atoms with Crippen molar-refractivity contribution in [3.8, 4) is 11.5 Å². The van der Waals surface area contributed by atoms with E-state index in [1.54, 1.807) is 18.2 Å². The Balaban J connectivity index is 1.83. The second kappa shape index (κ2) is 10.3. The van der Waals surface area contributed by atoms with E-state index in [0.717, 1.165) is 32.1 Å². The van der Waals surface area contributed by atoms with Gasteiger partial charge in [0.25, 0.3) is 0 Å². The molecule has 1 aliphatic carbocycles. The van der Waals surface area contributed by atoms with Crippen molar-refractivity contribution >= 4 is 33.2 Å². The highest BCUT2D eigenvalue weighted by molar-refractivity contribution is 7.89. The maximum atomic E-state index is 13.4. The van der Waals surface area contributed by atoms with E-state index in [4.69, 9.17) is 21.1 Å². The summed E-state index contributed by atoms with van der Waals surface area (Å²) >= 11 is 5.92. The van der Waals surface area contributed by atoms with Crippen molar-refractivity contribution in [1.82, 2.24) is 4.31 Å². The van der Waals surface area contributed by atoms with Crippen LogP contribution in [0.5, 0.6) is 11.5 Å². The van der Waals surface area contributed by atoms with Gasteiger partial charge in [0.2, 0.25) is 15.9 Å². The third kappa shape index (κ3) is 5.70. The Bertz CT molecular complexity index is 1010. The van der Waals surface area contributed by atoms with Gasteiger partial charge in [0.1, 0.15) is 0 Å². The molecule has 168 valence electrons. The van der Waals surface area contributed by atoms with Crippen LogP contribution < -0.4 is 14.8 Å². The number of hydrogen-bond acceptors (Lipinski definition) is 5. The average Bonchev–Trinajstić information content (AvgIpc) is 2.78. The quantitative estimate of drug-likeness (QED) is 0.626. The molecule has 2 aromatic rings. The number of carbonyl (C=O) groups is 1. The van der Waals surface area contributed by atoms with Gasteiger partial charge in [-0.2, -0.15) is 4.31 Å². The molecule has 0 spiro atoms. The fraction of sp³-hybridized carbons (Fsp3) is 0.409. The summed E-state index contributed by atoms with van der Waals surface area (Å²) in [7, 11) is -0.825. The van der Waals surface area contributed by atoms with Gasteiger partial charge in [0, 0.05) is 22.8 Å². The summed E-state index contributed by atoms with van der Waals surface area (Å²) in [5, 5.41) is 3.22. The molecule has 1 aliphatic rings. The summed E-state index contributed by atoms with van der Waals surface area (Å²) in [6, 6.07) is 10.8. The maximum absolute atomic E-state index is 13.4. The predicted octanol–water partition coefficient (Wildman–Crippen LogP) is 4.32. The molecule has 1 N–H and O–H groups in total. The molecule has 0 atom stereocenters. The monoisotopic (exact) mass is 466 g/mol. The van der Waals surface area contributed by atoms with E-state index >= 15 is 0 Å². The molecule has 0 aliphatic heterocycles. The van der Waals surface area contributed by atoms with Gasteiger partial charge in [0.05, 0.1) is 25.7 Å². The molecule has 0 heterocycles. The van der Waals surface area contributed by atoms with Gasteiger partial charge in [-0.1, -0.05) is 30.9 Å². The van der Waals surface area contributed by atoms with Crippen molar-refractivity contribution in [1.29, 1.82) is 0 Å². The number of ether oxygens (including phenoxy) is 2. The minimum Gasteiger partial charge on any atom is -0.493 e. The zero-order valence-corrected chi connectivity index (χ0v) is 19.2. The summed E-state index contributed by atoms with van der Waals surface area (Å²) < 4.78 is 38.6. The molecule has 9 heteroatoms. The van der Waals surface area contributed by atoms with Gasteiger partial charge < -0.3 is 14.8 Å². The molecule has 1 saturated carbocycles. The van der Waals surface area contributed by atoms with Crippen LogP contribution in [0.3, 0.4) is 0 Å². The van der Waals surface area contributed by atoms with Gasteiger partial charge in [-0.15, -0.1) is 0 Å². The maximum Gasteiger partial charge on any atom is 0.243 e. The fourth-order valence-corrected chi connectivity index (χ4v) is 5.54. The van der Waals surface area contributed by atoms with Gasteiger partial charge in [-0.25, -0.2) is 8.42 Å². The van der Waals surface area contributed by atoms with Crippen LogP contribution in [-0.2, 0) is 14.8 Å². The number of amides is 1. The van der Waals surface area contributed by atoms with Crippen LogP contribution in [0.1, 0.15) is 32.1 Å². The van der Waals surface area contributed by atoms with Gasteiger partial charge in [-0.3, -0.25) is 4.79 Å². The predicted molar refractivity (Wildman–Crippen MR) is 120 cm³/mol. The molecule has 0 radical (unpaired) electrons. The number of nitrogens with one attached hydrogen (secondary N) is 1. The van der Waals surface area contributed by atoms with Crippen molar-refractivity contribution in [2.45, 2.75) is 43.0 Å². The van der Waals surface area contributed by atoms with E-state index in [0.29, 0.717) is 22.2 Å². The minimum absolute atomic E-state index is 0.126. The number of rotatable bonds is 8. The molecule has 31 heavy (non-hydrogen) atoms. The number of carbonyl (C=O) groups excluding carboxylic acids is 1. The van der Waals surface area contributed by atoms with Crippen molar-refractivity contribution < 1.29 is 22.7 Å². The highest BCUT2D eigenvalue weighted by atomic mass is 35.5. The Hall–Kier alpha value is -2.29. The SMILES string of the molecule is COc1ccc(NC(=O)CN(C2CCCCC2)S(=O)(=O)c2ccc(Cl)cc2)cc1OC. The lowest BCUT2D eigenvalue weighted by molar-refractivity contribution is -0.116. The summed E-state index contributed by atoms with van der Waals surface area (Å²) in [5.74, 6) is 0.586. The minimum atomic E-state index is -3.86. The van der Waals surface area contributed by atoms with Crippen molar-refractivity contribution in [3.05, 3.63) is 47.5 Å². The van der Waals surface area contributed by atoms with Crippen LogP contribution in [0.25, 0.3) is 0 Å². The van der Waals surface area contributed by atoms with Crippen LogP contribution in [0.15, 0.2) is 47.4 Å². The summed E-state index contributed by atoms with van der Waals surface area (Å²) in [6.07, 6.45) is 4.42. The lowest BCUT2D eigenvalue weighted by Gasteiger charge is -2.33. The largest absolute Gasteiger partial charge is 0.493 e. The van der Waals surface area contributed by atoms with Crippen LogP contribution >= 0.6 is 11.6 Å². The molecule has 0 bridgehead atoms. The molecule has 0 unspecified atom stereocenters. The number of methoxy groups -OCH3 is 2. The molecule has 0 saturated heterocycles. The van der Waals surface area contributed by atoms with Crippen LogP contribution in [0, 0.1) is 0 Å². The number of halogens is 1. The zero-order valence-electron chi connectivity index (χ0n) is 17.6. The van der Waals surface area contributed by atoms with E-state index < -0.39 is 15.9 Å². The Labute approximate surface area is 188 Å². The first-order valence-electron chi connectivity index (χ1n) is 10.1. The summed E-state index contributed by atoms with van der Waals surface area (Å²) in [6.45, 7) is -0.274. The molecule has 1 fully saturated rings.